The maximum absolute atomic E-state index is 13.3. The Morgan fingerprint density at radius 3 is 2.41 bits per heavy atom. The van der Waals surface area contributed by atoms with Crippen LogP contribution in [0.2, 0.25) is 0 Å². The third kappa shape index (κ3) is 3.98. The van der Waals surface area contributed by atoms with E-state index in [1.165, 1.54) is 62.9 Å². The Bertz CT molecular complexity index is 666. The van der Waals surface area contributed by atoms with E-state index in [1.807, 2.05) is 10.8 Å². The first-order valence-corrected chi connectivity index (χ1v) is 11.0. The highest BCUT2D eigenvalue weighted by molar-refractivity contribution is 5.94. The van der Waals surface area contributed by atoms with E-state index >= 15 is 0 Å². The summed E-state index contributed by atoms with van der Waals surface area (Å²) in [5.41, 5.74) is 3.24. The number of hydrogen-bond acceptors (Lipinski definition) is 3. The van der Waals surface area contributed by atoms with Crippen LogP contribution in [0.3, 0.4) is 0 Å². The second-order valence-corrected chi connectivity index (χ2v) is 8.44. The molecule has 4 rings (SSSR count). The van der Waals surface area contributed by atoms with Crippen LogP contribution in [0.4, 0.5) is 0 Å². The van der Waals surface area contributed by atoms with Crippen LogP contribution in [0, 0.1) is 0 Å². The summed E-state index contributed by atoms with van der Waals surface area (Å²) in [6, 6.07) is 0.579. The molecule has 0 bridgehead atoms. The zero-order valence-corrected chi connectivity index (χ0v) is 16.7. The van der Waals surface area contributed by atoms with Crippen LogP contribution in [0.25, 0.3) is 0 Å². The van der Waals surface area contributed by atoms with Gasteiger partial charge in [0.2, 0.25) is 0 Å². The van der Waals surface area contributed by atoms with Gasteiger partial charge in [-0.05, 0) is 58.0 Å². The minimum atomic E-state index is 0.162. The monoisotopic (exact) mass is 370 g/mol. The highest BCUT2D eigenvalue weighted by Crippen LogP contribution is 2.30. The molecule has 1 aliphatic carbocycles. The SMILES string of the molecule is C=CCn1nc(C(=O)N2CCCCCC2)c2c1CCC(N1CCCCC1)C2. The molecule has 0 saturated carbocycles. The third-order valence-corrected chi connectivity index (χ3v) is 6.63. The van der Waals surface area contributed by atoms with Crippen molar-refractivity contribution in [1.29, 1.82) is 0 Å². The van der Waals surface area contributed by atoms with Gasteiger partial charge in [0, 0.05) is 30.4 Å². The number of aromatic nitrogens is 2. The number of fused-ring (bicyclic) bond motifs is 1. The van der Waals surface area contributed by atoms with Gasteiger partial charge in [-0.2, -0.15) is 5.10 Å². The smallest absolute Gasteiger partial charge is 0.274 e. The fourth-order valence-electron chi connectivity index (χ4n) is 5.13. The Hall–Kier alpha value is -1.62. The molecule has 1 aromatic heterocycles. The summed E-state index contributed by atoms with van der Waals surface area (Å²) in [7, 11) is 0. The first-order chi connectivity index (χ1) is 13.3. The molecular formula is C22H34N4O. The van der Waals surface area contributed by atoms with E-state index in [9.17, 15) is 4.79 Å². The van der Waals surface area contributed by atoms with Crippen molar-refractivity contribution in [1.82, 2.24) is 19.6 Å². The standard InChI is InChI=1S/C22H34N4O/c1-2-12-26-20-11-10-18(24-13-8-5-9-14-24)17-19(20)21(23-26)22(27)25-15-6-3-4-7-16-25/h2,18H,1,3-17H2. The summed E-state index contributed by atoms with van der Waals surface area (Å²) in [5, 5.41) is 4.80. The van der Waals surface area contributed by atoms with Crippen molar-refractivity contribution in [3.63, 3.8) is 0 Å². The number of carbonyl (C=O) groups excluding carboxylic acids is 1. The molecule has 5 heteroatoms. The molecule has 0 radical (unpaired) electrons. The van der Waals surface area contributed by atoms with Crippen LogP contribution in [0.1, 0.15) is 73.1 Å². The Balaban J connectivity index is 1.59. The summed E-state index contributed by atoms with van der Waals surface area (Å²) >= 11 is 0. The van der Waals surface area contributed by atoms with Crippen molar-refractivity contribution in [2.45, 2.75) is 76.8 Å². The van der Waals surface area contributed by atoms with Crippen molar-refractivity contribution in [2.24, 2.45) is 0 Å². The second-order valence-electron chi connectivity index (χ2n) is 8.44. The molecule has 0 N–H and O–H groups in total. The van der Waals surface area contributed by atoms with E-state index in [0.29, 0.717) is 12.6 Å². The molecule has 1 atom stereocenters. The molecule has 1 amide bonds. The summed E-state index contributed by atoms with van der Waals surface area (Å²) in [6.07, 6.45) is 13.8. The highest BCUT2D eigenvalue weighted by Gasteiger charge is 2.33. The number of rotatable bonds is 4. The van der Waals surface area contributed by atoms with Gasteiger partial charge < -0.3 is 9.80 Å². The number of nitrogens with zero attached hydrogens (tertiary/aromatic N) is 4. The van der Waals surface area contributed by atoms with E-state index in [-0.39, 0.29) is 5.91 Å². The van der Waals surface area contributed by atoms with Crippen LogP contribution < -0.4 is 0 Å². The maximum atomic E-state index is 13.3. The second kappa shape index (κ2) is 8.59. The third-order valence-electron chi connectivity index (χ3n) is 6.63. The molecule has 3 heterocycles. The molecule has 2 saturated heterocycles. The number of amides is 1. The van der Waals surface area contributed by atoms with Crippen LogP contribution in [0.15, 0.2) is 12.7 Å². The lowest BCUT2D eigenvalue weighted by atomic mass is 9.89. The largest absolute Gasteiger partial charge is 0.337 e. The summed E-state index contributed by atoms with van der Waals surface area (Å²) in [5.74, 6) is 0.162. The number of allylic oxidation sites excluding steroid dienone is 1. The summed E-state index contributed by atoms with van der Waals surface area (Å²) < 4.78 is 2.04. The lowest BCUT2D eigenvalue weighted by molar-refractivity contribution is 0.0752. The molecule has 2 aliphatic heterocycles. The average Bonchev–Trinajstić information content (AvgIpc) is 2.88. The molecule has 148 valence electrons. The molecule has 0 aromatic carbocycles. The minimum absolute atomic E-state index is 0.162. The number of likely N-dealkylation sites (tertiary alicyclic amines) is 2. The van der Waals surface area contributed by atoms with Crippen molar-refractivity contribution in [3.05, 3.63) is 29.6 Å². The molecule has 0 spiro atoms. The molecule has 1 aromatic rings. The molecule has 2 fully saturated rings. The van der Waals surface area contributed by atoms with Gasteiger partial charge in [0.1, 0.15) is 0 Å². The lowest BCUT2D eigenvalue weighted by Crippen LogP contribution is -2.43. The van der Waals surface area contributed by atoms with Crippen LogP contribution in [-0.4, -0.2) is 57.7 Å². The predicted octanol–water partition coefficient (Wildman–Crippen LogP) is 3.43. The Morgan fingerprint density at radius 1 is 1.04 bits per heavy atom. The van der Waals surface area contributed by atoms with Gasteiger partial charge in [-0.1, -0.05) is 25.3 Å². The topological polar surface area (TPSA) is 41.4 Å². The van der Waals surface area contributed by atoms with E-state index in [2.05, 4.69) is 16.4 Å². The summed E-state index contributed by atoms with van der Waals surface area (Å²) in [4.78, 5) is 18.1. The number of carbonyl (C=O) groups is 1. The summed E-state index contributed by atoms with van der Waals surface area (Å²) in [6.45, 7) is 8.79. The molecule has 1 unspecified atom stereocenters. The van der Waals surface area contributed by atoms with Crippen LogP contribution in [-0.2, 0) is 19.4 Å². The molecular weight excluding hydrogens is 336 g/mol. The van der Waals surface area contributed by atoms with Crippen molar-refractivity contribution < 1.29 is 4.79 Å². The van der Waals surface area contributed by atoms with Gasteiger partial charge in [0.25, 0.3) is 5.91 Å². The highest BCUT2D eigenvalue weighted by atomic mass is 16.2. The molecule has 5 nitrogen and oxygen atoms in total. The Morgan fingerprint density at radius 2 is 1.70 bits per heavy atom. The van der Waals surface area contributed by atoms with E-state index in [4.69, 9.17) is 5.10 Å². The van der Waals surface area contributed by atoms with Crippen LogP contribution in [0.5, 0.6) is 0 Å². The fourth-order valence-corrected chi connectivity index (χ4v) is 5.13. The van der Waals surface area contributed by atoms with Crippen molar-refractivity contribution in [2.75, 3.05) is 26.2 Å². The molecule has 27 heavy (non-hydrogen) atoms. The zero-order chi connectivity index (χ0) is 18.6. The number of hydrogen-bond donors (Lipinski definition) is 0. The van der Waals surface area contributed by atoms with Crippen molar-refractivity contribution in [3.8, 4) is 0 Å². The first-order valence-electron chi connectivity index (χ1n) is 11.0. The Labute approximate surface area is 163 Å². The molecule has 3 aliphatic rings. The fraction of sp³-hybridized carbons (Fsp3) is 0.727. The maximum Gasteiger partial charge on any atom is 0.274 e. The quantitative estimate of drug-likeness (QED) is 0.763. The normalized spacial score (nSPS) is 24.3. The first kappa shape index (κ1) is 18.7. The van der Waals surface area contributed by atoms with Gasteiger partial charge in [-0.3, -0.25) is 9.48 Å². The Kier molecular flexibility index (Phi) is 5.96. The van der Waals surface area contributed by atoms with Gasteiger partial charge in [0.15, 0.2) is 5.69 Å². The van der Waals surface area contributed by atoms with Gasteiger partial charge in [-0.25, -0.2) is 0 Å². The van der Waals surface area contributed by atoms with Gasteiger partial charge in [0.05, 0.1) is 6.54 Å². The predicted molar refractivity (Wildman–Crippen MR) is 108 cm³/mol. The van der Waals surface area contributed by atoms with Crippen LogP contribution >= 0.6 is 0 Å². The van der Waals surface area contributed by atoms with E-state index < -0.39 is 0 Å². The lowest BCUT2D eigenvalue weighted by Gasteiger charge is -2.37. The van der Waals surface area contributed by atoms with E-state index in [0.717, 1.165) is 44.5 Å². The zero-order valence-electron chi connectivity index (χ0n) is 16.7. The average molecular weight is 371 g/mol. The number of piperidine rings is 1. The minimum Gasteiger partial charge on any atom is -0.337 e. The van der Waals surface area contributed by atoms with Crippen molar-refractivity contribution >= 4 is 5.91 Å². The van der Waals surface area contributed by atoms with Gasteiger partial charge >= 0.3 is 0 Å². The van der Waals surface area contributed by atoms with Gasteiger partial charge in [-0.15, -0.1) is 6.58 Å². The van der Waals surface area contributed by atoms with E-state index in [1.54, 1.807) is 0 Å².